The summed E-state index contributed by atoms with van der Waals surface area (Å²) in [6.45, 7) is -0.0463. The Labute approximate surface area is 102 Å². The van der Waals surface area contributed by atoms with Crippen molar-refractivity contribution in [2.45, 2.75) is 50.7 Å². The normalized spacial score (nSPS) is 19.9. The Hall–Kier alpha value is -1.00. The maximum absolute atomic E-state index is 9.14. The third kappa shape index (κ3) is 2.64. The lowest BCUT2D eigenvalue weighted by atomic mass is 9.93. The van der Waals surface area contributed by atoms with Gasteiger partial charge in [0, 0.05) is 13.3 Å². The molecule has 1 N–H and O–H groups in total. The van der Waals surface area contributed by atoms with Crippen LogP contribution in [-0.2, 0) is 16.9 Å². The first kappa shape index (κ1) is 12.5. The largest absolute Gasteiger partial charge is 0.390 e. The van der Waals surface area contributed by atoms with E-state index >= 15 is 0 Å². The fraction of sp³-hybridized carbons (Fsp3) is 0.692. The molecule has 4 heteroatoms. The summed E-state index contributed by atoms with van der Waals surface area (Å²) < 4.78 is 5.74. The van der Waals surface area contributed by atoms with Crippen molar-refractivity contribution in [3.05, 3.63) is 23.8 Å². The summed E-state index contributed by atoms with van der Waals surface area (Å²) in [7, 11) is 1.74. The molecule has 0 bridgehead atoms. The van der Waals surface area contributed by atoms with Crippen LogP contribution in [0.4, 0.5) is 0 Å². The maximum Gasteiger partial charge on any atom is 0.160 e. The molecule has 0 saturated heterocycles. The zero-order chi connectivity index (χ0) is 12.1. The molecular weight excluding hydrogens is 216 g/mol. The van der Waals surface area contributed by atoms with E-state index in [1.54, 1.807) is 19.4 Å². The first-order chi connectivity index (χ1) is 8.30. The third-order valence-electron chi connectivity index (χ3n) is 3.58. The summed E-state index contributed by atoms with van der Waals surface area (Å²) in [6.07, 6.45) is 8.47. The molecule has 0 unspecified atom stereocenters. The van der Waals surface area contributed by atoms with E-state index in [1.807, 2.05) is 0 Å². The molecule has 0 spiro atoms. The average molecular weight is 236 g/mol. The number of aliphatic hydroxyl groups excluding tert-OH is 1. The van der Waals surface area contributed by atoms with Crippen LogP contribution in [0.15, 0.2) is 12.3 Å². The van der Waals surface area contributed by atoms with Gasteiger partial charge in [-0.1, -0.05) is 25.7 Å². The molecule has 1 fully saturated rings. The number of ether oxygens (including phenoxy) is 1. The van der Waals surface area contributed by atoms with Gasteiger partial charge in [0.1, 0.15) is 5.60 Å². The molecule has 0 atom stereocenters. The molecule has 0 radical (unpaired) electrons. The Balaban J connectivity index is 2.31. The summed E-state index contributed by atoms with van der Waals surface area (Å²) in [5.41, 5.74) is 0.317. The Morgan fingerprint density at radius 3 is 2.59 bits per heavy atom. The molecule has 1 aliphatic carbocycles. The smallest absolute Gasteiger partial charge is 0.160 e. The van der Waals surface area contributed by atoms with Gasteiger partial charge in [-0.25, -0.2) is 9.97 Å². The van der Waals surface area contributed by atoms with Gasteiger partial charge in [-0.05, 0) is 18.9 Å². The van der Waals surface area contributed by atoms with Crippen molar-refractivity contribution in [1.29, 1.82) is 0 Å². The van der Waals surface area contributed by atoms with E-state index in [2.05, 4.69) is 9.97 Å². The van der Waals surface area contributed by atoms with E-state index < -0.39 is 0 Å². The van der Waals surface area contributed by atoms with E-state index in [-0.39, 0.29) is 12.2 Å². The molecule has 1 aliphatic rings. The van der Waals surface area contributed by atoms with Gasteiger partial charge in [-0.3, -0.25) is 0 Å². The third-order valence-corrected chi connectivity index (χ3v) is 3.58. The number of nitrogens with zero attached hydrogens (tertiary/aromatic N) is 2. The standard InChI is InChI=1S/C13H20N2O2/c1-17-13(7-4-2-3-5-8-13)12-14-9-6-11(10-16)15-12/h6,9,16H,2-5,7-8,10H2,1H3. The minimum absolute atomic E-state index is 0.0463. The van der Waals surface area contributed by atoms with Gasteiger partial charge >= 0.3 is 0 Å². The number of hydrogen-bond acceptors (Lipinski definition) is 4. The Kier molecular flexibility index (Phi) is 4.07. The highest BCUT2D eigenvalue weighted by molar-refractivity contribution is 5.08. The van der Waals surface area contributed by atoms with Crippen molar-refractivity contribution in [1.82, 2.24) is 9.97 Å². The van der Waals surface area contributed by atoms with Gasteiger partial charge in [0.25, 0.3) is 0 Å². The Morgan fingerprint density at radius 2 is 2.00 bits per heavy atom. The highest BCUT2D eigenvalue weighted by Gasteiger charge is 2.35. The summed E-state index contributed by atoms with van der Waals surface area (Å²) in [5, 5.41) is 9.14. The lowest BCUT2D eigenvalue weighted by Gasteiger charge is -2.29. The van der Waals surface area contributed by atoms with E-state index in [4.69, 9.17) is 9.84 Å². The van der Waals surface area contributed by atoms with Crippen molar-refractivity contribution in [2.75, 3.05) is 7.11 Å². The molecule has 4 nitrogen and oxygen atoms in total. The summed E-state index contributed by atoms with van der Waals surface area (Å²) in [6, 6.07) is 1.74. The van der Waals surface area contributed by atoms with Crippen LogP contribution in [0, 0.1) is 0 Å². The number of aliphatic hydroxyl groups is 1. The van der Waals surface area contributed by atoms with Gasteiger partial charge in [-0.2, -0.15) is 0 Å². The van der Waals surface area contributed by atoms with Crippen LogP contribution >= 0.6 is 0 Å². The predicted octanol–water partition coefficient (Wildman–Crippen LogP) is 2.16. The van der Waals surface area contributed by atoms with Crippen molar-refractivity contribution in [3.8, 4) is 0 Å². The summed E-state index contributed by atoms with van der Waals surface area (Å²) in [4.78, 5) is 8.76. The lowest BCUT2D eigenvalue weighted by molar-refractivity contribution is -0.0354. The van der Waals surface area contributed by atoms with Gasteiger partial charge in [0.2, 0.25) is 0 Å². The quantitative estimate of drug-likeness (QED) is 0.817. The highest BCUT2D eigenvalue weighted by atomic mass is 16.5. The van der Waals surface area contributed by atoms with E-state index in [0.717, 1.165) is 31.5 Å². The van der Waals surface area contributed by atoms with Crippen molar-refractivity contribution in [2.24, 2.45) is 0 Å². The molecule has 1 aromatic heterocycles. The second-order valence-electron chi connectivity index (χ2n) is 4.64. The SMILES string of the molecule is COC1(c2nccc(CO)n2)CCCCCC1. The van der Waals surface area contributed by atoms with E-state index in [9.17, 15) is 0 Å². The molecule has 94 valence electrons. The fourth-order valence-electron chi connectivity index (χ4n) is 2.52. The molecule has 0 aromatic carbocycles. The van der Waals surface area contributed by atoms with Crippen LogP contribution in [0.2, 0.25) is 0 Å². The minimum atomic E-state index is -0.346. The molecule has 2 rings (SSSR count). The molecule has 17 heavy (non-hydrogen) atoms. The molecule has 1 saturated carbocycles. The second kappa shape index (κ2) is 5.56. The van der Waals surface area contributed by atoms with E-state index in [0.29, 0.717) is 5.69 Å². The van der Waals surface area contributed by atoms with Gasteiger partial charge in [-0.15, -0.1) is 0 Å². The fourth-order valence-corrected chi connectivity index (χ4v) is 2.52. The summed E-state index contributed by atoms with van der Waals surface area (Å²) in [5.74, 6) is 0.730. The van der Waals surface area contributed by atoms with Crippen molar-refractivity contribution in [3.63, 3.8) is 0 Å². The molecule has 0 aliphatic heterocycles. The number of aromatic nitrogens is 2. The average Bonchev–Trinajstić information content (AvgIpc) is 2.65. The summed E-state index contributed by atoms with van der Waals surface area (Å²) >= 11 is 0. The molecular formula is C13H20N2O2. The first-order valence-electron chi connectivity index (χ1n) is 6.29. The monoisotopic (exact) mass is 236 g/mol. The Morgan fingerprint density at radius 1 is 1.29 bits per heavy atom. The molecule has 1 aromatic rings. The highest BCUT2D eigenvalue weighted by Crippen LogP contribution is 2.37. The van der Waals surface area contributed by atoms with Gasteiger partial charge in [0.05, 0.1) is 12.3 Å². The molecule has 0 amide bonds. The zero-order valence-electron chi connectivity index (χ0n) is 10.4. The minimum Gasteiger partial charge on any atom is -0.390 e. The van der Waals surface area contributed by atoms with E-state index in [1.165, 1.54) is 12.8 Å². The Bertz CT molecular complexity index is 360. The molecule has 1 heterocycles. The topological polar surface area (TPSA) is 55.2 Å². The van der Waals surface area contributed by atoms with Crippen LogP contribution in [0.3, 0.4) is 0 Å². The van der Waals surface area contributed by atoms with Crippen LogP contribution < -0.4 is 0 Å². The first-order valence-corrected chi connectivity index (χ1v) is 6.29. The lowest BCUT2D eigenvalue weighted by Crippen LogP contribution is -2.30. The van der Waals surface area contributed by atoms with Crippen LogP contribution in [0.5, 0.6) is 0 Å². The maximum atomic E-state index is 9.14. The second-order valence-corrected chi connectivity index (χ2v) is 4.64. The predicted molar refractivity (Wildman–Crippen MR) is 64.3 cm³/mol. The van der Waals surface area contributed by atoms with Crippen molar-refractivity contribution < 1.29 is 9.84 Å². The van der Waals surface area contributed by atoms with Crippen LogP contribution in [0.1, 0.15) is 50.0 Å². The zero-order valence-corrected chi connectivity index (χ0v) is 10.4. The van der Waals surface area contributed by atoms with Crippen LogP contribution in [-0.4, -0.2) is 22.2 Å². The van der Waals surface area contributed by atoms with Gasteiger partial charge < -0.3 is 9.84 Å². The van der Waals surface area contributed by atoms with Crippen LogP contribution in [0.25, 0.3) is 0 Å². The number of methoxy groups -OCH3 is 1. The number of hydrogen-bond donors (Lipinski definition) is 1. The van der Waals surface area contributed by atoms with Gasteiger partial charge in [0.15, 0.2) is 5.82 Å². The number of rotatable bonds is 3. The van der Waals surface area contributed by atoms with Crippen molar-refractivity contribution >= 4 is 0 Å².